The molecule has 1 rings (SSSR count). The van der Waals surface area contributed by atoms with Crippen LogP contribution in [0.4, 0.5) is 4.79 Å². The van der Waals surface area contributed by atoms with Crippen LogP contribution in [-0.4, -0.2) is 40.5 Å². The maximum Gasteiger partial charge on any atom is 0.407 e. The van der Waals surface area contributed by atoms with Gasteiger partial charge in [0.2, 0.25) is 0 Å². The fourth-order valence-corrected chi connectivity index (χ4v) is 2.15. The van der Waals surface area contributed by atoms with Crippen molar-refractivity contribution in [3.8, 4) is 0 Å². The fourth-order valence-electron chi connectivity index (χ4n) is 2.15. The van der Waals surface area contributed by atoms with Crippen molar-refractivity contribution >= 4 is 12.1 Å². The Morgan fingerprint density at radius 3 is 2.42 bits per heavy atom. The normalized spacial score (nSPS) is 26.6. The molecule has 1 heterocycles. The van der Waals surface area contributed by atoms with Crippen LogP contribution >= 0.6 is 0 Å². The van der Waals surface area contributed by atoms with E-state index in [1.165, 1.54) is 0 Å². The molecule has 1 amide bonds. The monoisotopic (exact) mass is 273 g/mol. The topological polar surface area (TPSA) is 84.9 Å². The molecule has 0 saturated carbocycles. The van der Waals surface area contributed by atoms with Gasteiger partial charge in [-0.3, -0.25) is 0 Å². The third-order valence-electron chi connectivity index (χ3n) is 2.69. The second-order valence-electron chi connectivity index (χ2n) is 6.49. The van der Waals surface area contributed by atoms with Crippen molar-refractivity contribution in [2.45, 2.75) is 70.8 Å². The minimum Gasteiger partial charge on any atom is -0.479 e. The lowest BCUT2D eigenvalue weighted by molar-refractivity contribution is -0.172. The van der Waals surface area contributed by atoms with Crippen LogP contribution in [0.2, 0.25) is 0 Å². The van der Waals surface area contributed by atoms with Gasteiger partial charge in [-0.25, -0.2) is 9.59 Å². The number of rotatable bonds is 2. The predicted molar refractivity (Wildman–Crippen MR) is 69.0 cm³/mol. The average molecular weight is 273 g/mol. The van der Waals surface area contributed by atoms with Crippen molar-refractivity contribution in [3.05, 3.63) is 0 Å². The summed E-state index contributed by atoms with van der Waals surface area (Å²) in [5.41, 5.74) is -1.15. The molecule has 19 heavy (non-hydrogen) atoms. The molecule has 0 aromatic heterocycles. The Bertz CT molecular complexity index is 359. The molecular formula is C13H23NO5. The molecule has 0 aromatic carbocycles. The molecular weight excluding hydrogens is 250 g/mol. The van der Waals surface area contributed by atoms with Crippen molar-refractivity contribution in [2.24, 2.45) is 0 Å². The summed E-state index contributed by atoms with van der Waals surface area (Å²) < 4.78 is 10.6. The Balaban J connectivity index is 2.62. The predicted octanol–water partition coefficient (Wildman–Crippen LogP) is 1.92. The number of alkyl carbamates (subject to hydrolysis) is 1. The summed E-state index contributed by atoms with van der Waals surface area (Å²) in [5.74, 6) is -1.01. The van der Waals surface area contributed by atoms with Gasteiger partial charge in [0.05, 0.1) is 5.60 Å². The summed E-state index contributed by atoms with van der Waals surface area (Å²) in [4.78, 5) is 22.7. The highest BCUT2D eigenvalue weighted by Crippen LogP contribution is 2.28. The first-order valence-electron chi connectivity index (χ1n) is 6.39. The van der Waals surface area contributed by atoms with Crippen molar-refractivity contribution in [2.75, 3.05) is 0 Å². The van der Waals surface area contributed by atoms with E-state index in [2.05, 4.69) is 5.32 Å². The zero-order valence-corrected chi connectivity index (χ0v) is 12.1. The van der Waals surface area contributed by atoms with E-state index in [-0.39, 0.29) is 12.5 Å². The molecule has 0 spiro atoms. The Hall–Kier alpha value is -1.30. The molecule has 1 saturated heterocycles. The van der Waals surface area contributed by atoms with Gasteiger partial charge in [-0.15, -0.1) is 0 Å². The summed E-state index contributed by atoms with van der Waals surface area (Å²) in [6.45, 7) is 8.96. The van der Waals surface area contributed by atoms with Gasteiger partial charge >= 0.3 is 12.1 Å². The van der Waals surface area contributed by atoms with E-state index in [1.54, 1.807) is 20.8 Å². The third kappa shape index (κ3) is 5.46. The van der Waals surface area contributed by atoms with E-state index in [1.807, 2.05) is 13.8 Å². The van der Waals surface area contributed by atoms with Gasteiger partial charge in [-0.2, -0.15) is 0 Å². The van der Waals surface area contributed by atoms with E-state index < -0.39 is 29.4 Å². The molecule has 0 unspecified atom stereocenters. The largest absolute Gasteiger partial charge is 0.479 e. The summed E-state index contributed by atoms with van der Waals surface area (Å²) in [5, 5.41) is 11.8. The maximum atomic E-state index is 11.7. The molecule has 6 nitrogen and oxygen atoms in total. The number of amides is 1. The summed E-state index contributed by atoms with van der Waals surface area (Å²) >= 11 is 0. The Labute approximate surface area is 113 Å². The molecule has 2 atom stereocenters. The highest BCUT2D eigenvalue weighted by atomic mass is 16.6. The number of aliphatic carboxylic acids is 1. The smallest absolute Gasteiger partial charge is 0.407 e. The minimum atomic E-state index is -1.01. The zero-order chi connectivity index (χ0) is 14.8. The number of hydrogen-bond donors (Lipinski definition) is 2. The van der Waals surface area contributed by atoms with Gasteiger partial charge in [0, 0.05) is 12.5 Å². The average Bonchev–Trinajstić information content (AvgIpc) is 2.10. The SMILES string of the molecule is CC(C)(C)OC(=O)N[C@@H]1C[C@@H](C(=O)O)OC(C)(C)C1. The van der Waals surface area contributed by atoms with Crippen molar-refractivity contribution in [1.29, 1.82) is 0 Å². The first-order chi connectivity index (χ1) is 8.48. The lowest BCUT2D eigenvalue weighted by Gasteiger charge is -2.39. The molecule has 2 N–H and O–H groups in total. The molecule has 6 heteroatoms. The first kappa shape index (κ1) is 15.8. The van der Waals surface area contributed by atoms with Gasteiger partial charge in [0.15, 0.2) is 6.10 Å². The lowest BCUT2D eigenvalue weighted by Crippen LogP contribution is -2.52. The molecule has 0 aromatic rings. The molecule has 0 radical (unpaired) electrons. The van der Waals surface area contributed by atoms with Crippen molar-refractivity contribution in [3.63, 3.8) is 0 Å². The molecule has 0 bridgehead atoms. The molecule has 110 valence electrons. The third-order valence-corrected chi connectivity index (χ3v) is 2.69. The van der Waals surface area contributed by atoms with E-state index in [0.29, 0.717) is 6.42 Å². The van der Waals surface area contributed by atoms with E-state index in [0.717, 1.165) is 0 Å². The van der Waals surface area contributed by atoms with Crippen LogP contribution < -0.4 is 5.32 Å². The van der Waals surface area contributed by atoms with E-state index >= 15 is 0 Å². The van der Waals surface area contributed by atoms with Gasteiger partial charge < -0.3 is 19.9 Å². The Morgan fingerprint density at radius 2 is 1.95 bits per heavy atom. The van der Waals surface area contributed by atoms with Crippen LogP contribution in [0.3, 0.4) is 0 Å². The number of carbonyl (C=O) groups is 2. The number of carboxylic acids is 1. The highest BCUT2D eigenvalue weighted by molar-refractivity contribution is 5.73. The second kappa shape index (κ2) is 5.36. The summed E-state index contributed by atoms with van der Waals surface area (Å²) in [6.07, 6.45) is -0.628. The first-order valence-corrected chi connectivity index (χ1v) is 6.39. The Kier molecular flexibility index (Phi) is 4.45. The van der Waals surface area contributed by atoms with E-state index in [4.69, 9.17) is 14.6 Å². The van der Waals surface area contributed by atoms with Gasteiger partial charge in [-0.05, 0) is 41.0 Å². The van der Waals surface area contributed by atoms with Gasteiger partial charge in [0.25, 0.3) is 0 Å². The molecule has 1 aliphatic rings. The molecule has 0 aliphatic carbocycles. The zero-order valence-electron chi connectivity index (χ0n) is 12.1. The molecule has 1 aliphatic heterocycles. The fraction of sp³-hybridized carbons (Fsp3) is 0.846. The van der Waals surface area contributed by atoms with E-state index in [9.17, 15) is 9.59 Å². The minimum absolute atomic E-state index is 0.248. The van der Waals surface area contributed by atoms with Crippen LogP contribution in [-0.2, 0) is 14.3 Å². The standard InChI is InChI=1S/C13H23NO5/c1-12(2,3)19-11(17)14-8-6-9(10(15)16)18-13(4,5)7-8/h8-9H,6-7H2,1-5H3,(H,14,17)(H,15,16)/t8-,9+/m1/s1. The van der Waals surface area contributed by atoms with Gasteiger partial charge in [0.1, 0.15) is 5.60 Å². The number of carbonyl (C=O) groups excluding carboxylic acids is 1. The summed E-state index contributed by atoms with van der Waals surface area (Å²) in [6, 6.07) is -0.264. The number of ether oxygens (including phenoxy) is 2. The van der Waals surface area contributed by atoms with Crippen LogP contribution in [0.15, 0.2) is 0 Å². The van der Waals surface area contributed by atoms with Gasteiger partial charge in [-0.1, -0.05) is 0 Å². The van der Waals surface area contributed by atoms with Crippen molar-refractivity contribution in [1.82, 2.24) is 5.32 Å². The maximum absolute atomic E-state index is 11.7. The van der Waals surface area contributed by atoms with Crippen LogP contribution in [0.25, 0.3) is 0 Å². The quantitative estimate of drug-likeness (QED) is 0.803. The Morgan fingerprint density at radius 1 is 1.37 bits per heavy atom. The van der Waals surface area contributed by atoms with Crippen LogP contribution in [0.5, 0.6) is 0 Å². The second-order valence-corrected chi connectivity index (χ2v) is 6.49. The van der Waals surface area contributed by atoms with Crippen molar-refractivity contribution < 1.29 is 24.2 Å². The number of carboxylic acid groups (broad SMARTS) is 1. The van der Waals surface area contributed by atoms with Crippen LogP contribution in [0, 0.1) is 0 Å². The lowest BCUT2D eigenvalue weighted by atomic mass is 9.91. The number of nitrogens with one attached hydrogen (secondary N) is 1. The van der Waals surface area contributed by atoms with Crippen LogP contribution in [0.1, 0.15) is 47.5 Å². The number of hydrogen-bond acceptors (Lipinski definition) is 4. The highest BCUT2D eigenvalue weighted by Gasteiger charge is 2.39. The summed E-state index contributed by atoms with van der Waals surface area (Å²) in [7, 11) is 0. The molecule has 1 fully saturated rings.